The number of carbonyl (C=O) groups is 2. The van der Waals surface area contributed by atoms with Crippen molar-refractivity contribution in [3.05, 3.63) is 29.3 Å². The van der Waals surface area contributed by atoms with Crippen LogP contribution in [0.2, 0.25) is 0 Å². The first kappa shape index (κ1) is 19.5. The van der Waals surface area contributed by atoms with E-state index >= 15 is 0 Å². The third kappa shape index (κ3) is 4.18. The highest BCUT2D eigenvalue weighted by atomic mass is 16.6. The zero-order chi connectivity index (χ0) is 19.8. The van der Waals surface area contributed by atoms with E-state index in [9.17, 15) is 9.59 Å². The lowest BCUT2D eigenvalue weighted by atomic mass is 9.86. The van der Waals surface area contributed by atoms with Crippen molar-refractivity contribution < 1.29 is 23.8 Å². The number of hydrogen-bond acceptors (Lipinski definition) is 6. The van der Waals surface area contributed by atoms with Crippen LogP contribution >= 0.6 is 0 Å². The molecule has 1 aromatic rings. The molecular formula is C20H28N2O5. The number of carbonyl (C=O) groups excluding carboxylic acids is 2. The van der Waals surface area contributed by atoms with Crippen LogP contribution in [-0.4, -0.2) is 47.9 Å². The number of hydrogen-bond donors (Lipinski definition) is 1. The van der Waals surface area contributed by atoms with Crippen molar-refractivity contribution in [3.8, 4) is 5.75 Å². The molecule has 0 aliphatic carbocycles. The summed E-state index contributed by atoms with van der Waals surface area (Å²) in [4.78, 5) is 26.0. The number of nitrogens with zero attached hydrogens (tertiary/aromatic N) is 1. The van der Waals surface area contributed by atoms with Crippen molar-refractivity contribution in [1.82, 2.24) is 4.90 Å². The molecule has 2 aliphatic heterocycles. The van der Waals surface area contributed by atoms with Crippen molar-refractivity contribution >= 4 is 12.1 Å². The van der Waals surface area contributed by atoms with Crippen LogP contribution in [0.4, 0.5) is 4.79 Å². The number of likely N-dealkylation sites (tertiary alicyclic amines) is 1. The van der Waals surface area contributed by atoms with Gasteiger partial charge in [0.15, 0.2) is 0 Å². The monoisotopic (exact) mass is 376 g/mol. The van der Waals surface area contributed by atoms with Crippen molar-refractivity contribution in [3.63, 3.8) is 0 Å². The first-order chi connectivity index (χ1) is 12.6. The number of esters is 1. The number of rotatable bonds is 2. The van der Waals surface area contributed by atoms with Gasteiger partial charge in [0, 0.05) is 31.0 Å². The number of nitrogens with two attached hydrogens (primary N) is 1. The van der Waals surface area contributed by atoms with Crippen LogP contribution in [0.25, 0.3) is 0 Å². The van der Waals surface area contributed by atoms with Gasteiger partial charge in [0.25, 0.3) is 0 Å². The number of fused-ring (bicyclic) bond motifs is 1. The van der Waals surface area contributed by atoms with E-state index in [0.717, 1.165) is 5.56 Å². The average molecular weight is 376 g/mol. The number of ether oxygens (including phenoxy) is 3. The molecule has 7 heteroatoms. The second-order valence-corrected chi connectivity index (χ2v) is 8.22. The summed E-state index contributed by atoms with van der Waals surface area (Å²) >= 11 is 0. The summed E-state index contributed by atoms with van der Waals surface area (Å²) < 4.78 is 16.8. The highest BCUT2D eigenvalue weighted by Crippen LogP contribution is 2.43. The molecule has 7 nitrogen and oxygen atoms in total. The normalized spacial score (nSPS) is 24.3. The minimum atomic E-state index is -0.535. The Labute approximate surface area is 159 Å². The smallest absolute Gasteiger partial charge is 0.410 e. The molecule has 0 bridgehead atoms. The summed E-state index contributed by atoms with van der Waals surface area (Å²) in [5.41, 5.74) is 6.60. The molecule has 2 heterocycles. The molecule has 1 aromatic carbocycles. The van der Waals surface area contributed by atoms with Crippen LogP contribution in [0, 0.1) is 0 Å². The first-order valence-electron chi connectivity index (χ1n) is 9.36. The van der Waals surface area contributed by atoms with Crippen molar-refractivity contribution in [2.75, 3.05) is 19.7 Å². The van der Waals surface area contributed by atoms with Crippen LogP contribution in [0.15, 0.2) is 18.2 Å². The van der Waals surface area contributed by atoms with Gasteiger partial charge in [-0.1, -0.05) is 0 Å². The second kappa shape index (κ2) is 7.03. The van der Waals surface area contributed by atoms with Gasteiger partial charge in [-0.15, -0.1) is 0 Å². The summed E-state index contributed by atoms with van der Waals surface area (Å²) in [7, 11) is 0. The third-order valence-electron chi connectivity index (χ3n) is 4.81. The highest BCUT2D eigenvalue weighted by Gasteiger charge is 2.47. The Bertz CT molecular complexity index is 742. The lowest BCUT2D eigenvalue weighted by Gasteiger charge is -2.38. The lowest BCUT2D eigenvalue weighted by molar-refractivity contribution is 0.0143. The van der Waals surface area contributed by atoms with Crippen LogP contribution in [0.5, 0.6) is 5.75 Å². The molecule has 2 N–H and O–H groups in total. The van der Waals surface area contributed by atoms with Gasteiger partial charge in [0.2, 0.25) is 0 Å². The first-order valence-corrected chi connectivity index (χ1v) is 9.36. The Morgan fingerprint density at radius 1 is 1.37 bits per heavy atom. The molecule has 1 fully saturated rings. The van der Waals surface area contributed by atoms with Gasteiger partial charge in [-0.25, -0.2) is 9.59 Å². The lowest BCUT2D eigenvalue weighted by Crippen LogP contribution is -2.46. The molecule has 0 saturated carbocycles. The molecule has 2 unspecified atom stereocenters. The molecule has 2 aliphatic rings. The molecule has 27 heavy (non-hydrogen) atoms. The highest BCUT2D eigenvalue weighted by molar-refractivity contribution is 5.90. The van der Waals surface area contributed by atoms with Crippen LogP contribution < -0.4 is 10.5 Å². The second-order valence-electron chi connectivity index (χ2n) is 8.22. The van der Waals surface area contributed by atoms with Gasteiger partial charge in [-0.2, -0.15) is 0 Å². The molecule has 0 radical (unpaired) electrons. The van der Waals surface area contributed by atoms with Gasteiger partial charge in [0.1, 0.15) is 17.0 Å². The molecule has 1 amide bonds. The van der Waals surface area contributed by atoms with Gasteiger partial charge in [-0.05, 0) is 45.9 Å². The van der Waals surface area contributed by atoms with E-state index in [1.54, 1.807) is 30.0 Å². The fourth-order valence-electron chi connectivity index (χ4n) is 3.64. The minimum absolute atomic E-state index is 0.276. The van der Waals surface area contributed by atoms with E-state index in [0.29, 0.717) is 43.9 Å². The van der Waals surface area contributed by atoms with Gasteiger partial charge in [-0.3, -0.25) is 0 Å². The molecule has 0 aromatic heterocycles. The van der Waals surface area contributed by atoms with E-state index in [4.69, 9.17) is 19.9 Å². The maximum atomic E-state index is 12.4. The Morgan fingerprint density at radius 3 is 2.78 bits per heavy atom. The number of amides is 1. The minimum Gasteiger partial charge on any atom is -0.485 e. The summed E-state index contributed by atoms with van der Waals surface area (Å²) in [5, 5.41) is 0. The van der Waals surface area contributed by atoms with Crippen LogP contribution in [-0.2, 0) is 9.47 Å². The van der Waals surface area contributed by atoms with Gasteiger partial charge >= 0.3 is 12.1 Å². The van der Waals surface area contributed by atoms with Crippen LogP contribution in [0.3, 0.4) is 0 Å². The zero-order valence-corrected chi connectivity index (χ0v) is 16.4. The molecule has 3 rings (SSSR count). The van der Waals surface area contributed by atoms with Crippen molar-refractivity contribution in [2.24, 2.45) is 5.73 Å². The molecule has 1 spiro atoms. The quantitative estimate of drug-likeness (QED) is 0.798. The Hall–Kier alpha value is -2.28. The summed E-state index contributed by atoms with van der Waals surface area (Å²) in [6.07, 6.45) is 0.935. The maximum Gasteiger partial charge on any atom is 0.410 e. The number of benzene rings is 1. The van der Waals surface area contributed by atoms with E-state index in [1.807, 2.05) is 20.8 Å². The SMILES string of the molecule is CCOC(=O)c1ccc2c(c1)C(N)CC1(CCN(C(=O)OC(C)(C)C)C1)O2. The van der Waals surface area contributed by atoms with E-state index < -0.39 is 11.2 Å². The molecule has 2 atom stereocenters. The Morgan fingerprint density at radius 2 is 2.11 bits per heavy atom. The molecule has 148 valence electrons. The third-order valence-corrected chi connectivity index (χ3v) is 4.81. The summed E-state index contributed by atoms with van der Waals surface area (Å²) in [6.45, 7) is 8.64. The van der Waals surface area contributed by atoms with Gasteiger partial charge < -0.3 is 24.8 Å². The maximum absolute atomic E-state index is 12.4. The van der Waals surface area contributed by atoms with E-state index in [-0.39, 0.29) is 18.1 Å². The average Bonchev–Trinajstić information content (AvgIpc) is 2.96. The fraction of sp³-hybridized carbons (Fsp3) is 0.600. The van der Waals surface area contributed by atoms with E-state index in [1.165, 1.54) is 0 Å². The summed E-state index contributed by atoms with van der Waals surface area (Å²) in [5.74, 6) is 0.289. The largest absolute Gasteiger partial charge is 0.485 e. The van der Waals surface area contributed by atoms with Crippen molar-refractivity contribution in [1.29, 1.82) is 0 Å². The molecule has 1 saturated heterocycles. The predicted molar refractivity (Wildman–Crippen MR) is 99.7 cm³/mol. The summed E-state index contributed by atoms with van der Waals surface area (Å²) in [6, 6.07) is 4.91. The topological polar surface area (TPSA) is 91.1 Å². The predicted octanol–water partition coefficient (Wildman–Crippen LogP) is 3.03. The van der Waals surface area contributed by atoms with Crippen LogP contribution in [0.1, 0.15) is 62.5 Å². The standard InChI is InChI=1S/C20H28N2O5/c1-5-25-17(23)13-6-7-16-14(10-13)15(21)11-20(26-16)8-9-22(12-20)18(24)27-19(2,3)4/h6-7,10,15H,5,8-9,11-12,21H2,1-4H3. The Balaban J connectivity index is 1.75. The molecular weight excluding hydrogens is 348 g/mol. The van der Waals surface area contributed by atoms with Crippen molar-refractivity contribution in [2.45, 2.75) is 57.8 Å². The Kier molecular flexibility index (Phi) is 5.08. The fourth-order valence-corrected chi connectivity index (χ4v) is 3.64. The van der Waals surface area contributed by atoms with E-state index in [2.05, 4.69) is 0 Å². The zero-order valence-electron chi connectivity index (χ0n) is 16.4. The van der Waals surface area contributed by atoms with Gasteiger partial charge in [0.05, 0.1) is 18.7 Å².